The van der Waals surface area contributed by atoms with Crippen LogP contribution in [0.25, 0.3) is 0 Å². The van der Waals surface area contributed by atoms with Crippen molar-refractivity contribution in [3.8, 4) is 0 Å². The topological polar surface area (TPSA) is 171 Å². The predicted molar refractivity (Wildman–Crippen MR) is 109 cm³/mol. The summed E-state index contributed by atoms with van der Waals surface area (Å²) in [7, 11) is -4.06. The van der Waals surface area contributed by atoms with Crippen LogP contribution < -0.4 is 20.9 Å². The van der Waals surface area contributed by atoms with Crippen LogP contribution in [0, 0.1) is 11.3 Å². The first kappa shape index (κ1) is 22.8. The van der Waals surface area contributed by atoms with Crippen LogP contribution in [-0.4, -0.2) is 49.6 Å². The third kappa shape index (κ3) is 6.24. The Kier molecular flexibility index (Phi) is 7.33. The van der Waals surface area contributed by atoms with Crippen molar-refractivity contribution in [3.05, 3.63) is 35.4 Å². The smallest absolute Gasteiger partial charge is 0.275 e. The summed E-state index contributed by atoms with van der Waals surface area (Å²) in [6.07, 6.45) is 1.15. The monoisotopic (exact) mass is 424 g/mol. The maximum atomic E-state index is 12.9. The van der Waals surface area contributed by atoms with Gasteiger partial charge in [0, 0.05) is 18.7 Å². The molecule has 0 radical (unpaired) electrons. The number of amidine groups is 1. The van der Waals surface area contributed by atoms with Crippen LogP contribution in [0.3, 0.4) is 0 Å². The molecule has 0 saturated carbocycles. The van der Waals surface area contributed by atoms with Gasteiger partial charge in [-0.2, -0.15) is 13.1 Å². The molecule has 0 aliphatic carbocycles. The highest BCUT2D eigenvalue weighted by molar-refractivity contribution is 7.87. The first-order chi connectivity index (χ1) is 13.5. The van der Waals surface area contributed by atoms with Crippen molar-refractivity contribution < 1.29 is 18.0 Å². The van der Waals surface area contributed by atoms with E-state index in [1.807, 2.05) is 0 Å². The van der Waals surface area contributed by atoms with Crippen LogP contribution in [-0.2, 0) is 26.3 Å². The lowest BCUT2D eigenvalue weighted by Gasteiger charge is -2.30. The average molecular weight is 425 g/mol. The van der Waals surface area contributed by atoms with E-state index in [1.165, 1.54) is 4.90 Å². The van der Waals surface area contributed by atoms with Crippen molar-refractivity contribution in [2.45, 2.75) is 45.3 Å². The van der Waals surface area contributed by atoms with Crippen LogP contribution in [0.15, 0.2) is 24.3 Å². The number of amides is 2. The summed E-state index contributed by atoms with van der Waals surface area (Å²) in [5, 5.41) is 15.2. The van der Waals surface area contributed by atoms with E-state index < -0.39 is 28.2 Å². The number of nitrogens with zero attached hydrogens (tertiary/aromatic N) is 1. The fourth-order valence-corrected chi connectivity index (χ4v) is 3.97. The molecule has 2 unspecified atom stereocenters. The van der Waals surface area contributed by atoms with Gasteiger partial charge in [0.1, 0.15) is 17.9 Å². The molecule has 1 fully saturated rings. The second-order valence-corrected chi connectivity index (χ2v) is 8.73. The number of rotatable bonds is 8. The minimum absolute atomic E-state index is 0.0338. The van der Waals surface area contributed by atoms with E-state index in [2.05, 4.69) is 10.0 Å². The Bertz CT molecular complexity index is 869. The molecule has 1 aromatic rings. The van der Waals surface area contributed by atoms with Crippen LogP contribution >= 0.6 is 0 Å². The Morgan fingerprint density at radius 3 is 2.41 bits per heavy atom. The molecule has 1 aliphatic rings. The number of carbonyl (C=O) groups excluding carboxylic acids is 2. The summed E-state index contributed by atoms with van der Waals surface area (Å²) in [5.41, 5.74) is 6.84. The zero-order valence-electron chi connectivity index (χ0n) is 16.5. The lowest BCUT2D eigenvalue weighted by molar-refractivity contribution is -0.140. The zero-order valence-corrected chi connectivity index (χ0v) is 17.3. The number of hydrogen-bond acceptors (Lipinski definition) is 5. The summed E-state index contributed by atoms with van der Waals surface area (Å²) in [4.78, 5) is 27.0. The van der Waals surface area contributed by atoms with Gasteiger partial charge in [0.05, 0.1) is 0 Å². The van der Waals surface area contributed by atoms with Crippen LogP contribution in [0.2, 0.25) is 0 Å². The number of nitrogens with one attached hydrogen (secondary N) is 3. The summed E-state index contributed by atoms with van der Waals surface area (Å²) in [6, 6.07) is 5.22. The van der Waals surface area contributed by atoms with Crippen LogP contribution in [0.5, 0.6) is 0 Å². The first-order valence-corrected chi connectivity index (χ1v) is 10.9. The van der Waals surface area contributed by atoms with Gasteiger partial charge in [0.15, 0.2) is 0 Å². The molecular weight excluding hydrogens is 396 g/mol. The Morgan fingerprint density at radius 1 is 1.28 bits per heavy atom. The zero-order chi connectivity index (χ0) is 21.8. The van der Waals surface area contributed by atoms with E-state index in [4.69, 9.17) is 16.3 Å². The molecule has 160 valence electrons. The van der Waals surface area contributed by atoms with Gasteiger partial charge in [-0.1, -0.05) is 38.1 Å². The molecule has 0 bridgehead atoms. The average Bonchev–Trinajstić information content (AvgIpc) is 3.13. The van der Waals surface area contributed by atoms with Gasteiger partial charge < -0.3 is 16.0 Å². The molecule has 2 amide bonds. The van der Waals surface area contributed by atoms with E-state index in [1.54, 1.807) is 38.1 Å². The summed E-state index contributed by atoms with van der Waals surface area (Å²) >= 11 is 0. The molecule has 2 atom stereocenters. The van der Waals surface area contributed by atoms with E-state index >= 15 is 0 Å². The van der Waals surface area contributed by atoms with Gasteiger partial charge in [-0.05, 0) is 24.3 Å². The number of hydrogen-bond donors (Lipinski definition) is 5. The van der Waals surface area contributed by atoms with Gasteiger partial charge in [-0.15, -0.1) is 0 Å². The van der Waals surface area contributed by atoms with E-state index in [-0.39, 0.29) is 24.2 Å². The minimum atomic E-state index is -4.06. The minimum Gasteiger partial charge on any atom is -0.384 e. The molecule has 10 nitrogen and oxygen atoms in total. The van der Waals surface area contributed by atoms with Gasteiger partial charge in [-0.3, -0.25) is 15.0 Å². The summed E-state index contributed by atoms with van der Waals surface area (Å²) < 4.78 is 25.0. The number of carbonyl (C=O) groups is 2. The normalized spacial score (nSPS) is 17.9. The van der Waals surface area contributed by atoms with Crippen molar-refractivity contribution in [1.29, 1.82) is 5.41 Å². The lowest BCUT2D eigenvalue weighted by atomic mass is 10.0. The molecule has 1 heterocycles. The highest BCUT2D eigenvalue weighted by Gasteiger charge is 2.38. The van der Waals surface area contributed by atoms with Crippen molar-refractivity contribution in [1.82, 2.24) is 14.9 Å². The second kappa shape index (κ2) is 9.33. The third-order valence-corrected chi connectivity index (χ3v) is 5.38. The van der Waals surface area contributed by atoms with E-state index in [9.17, 15) is 18.0 Å². The van der Waals surface area contributed by atoms with Crippen molar-refractivity contribution in [2.24, 2.45) is 16.8 Å². The highest BCUT2D eigenvalue weighted by atomic mass is 32.2. The molecule has 1 saturated heterocycles. The number of benzene rings is 1. The summed E-state index contributed by atoms with van der Waals surface area (Å²) in [5.74, 6) is -1.12. The Morgan fingerprint density at radius 2 is 1.90 bits per heavy atom. The number of nitrogen functional groups attached to an aromatic ring is 1. The number of likely N-dealkylation sites (tertiary alicyclic amines) is 1. The van der Waals surface area contributed by atoms with Gasteiger partial charge >= 0.3 is 0 Å². The molecule has 1 aromatic carbocycles. The van der Waals surface area contributed by atoms with Gasteiger partial charge in [0.25, 0.3) is 10.2 Å². The summed E-state index contributed by atoms with van der Waals surface area (Å²) in [6.45, 7) is 4.05. The largest absolute Gasteiger partial charge is 0.384 e. The lowest BCUT2D eigenvalue weighted by Crippen LogP contribution is -2.56. The molecule has 2 rings (SSSR count). The molecule has 0 aromatic heterocycles. The fourth-order valence-electron chi connectivity index (χ4n) is 3.24. The van der Waals surface area contributed by atoms with Gasteiger partial charge in [-0.25, -0.2) is 5.14 Å². The molecule has 1 aliphatic heterocycles. The first-order valence-electron chi connectivity index (χ1n) is 9.31. The second-order valence-electron chi connectivity index (χ2n) is 7.40. The molecular formula is C18H28N6O4S. The fraction of sp³-hybridized carbons (Fsp3) is 0.500. The van der Waals surface area contributed by atoms with Crippen molar-refractivity contribution in [3.63, 3.8) is 0 Å². The van der Waals surface area contributed by atoms with Crippen molar-refractivity contribution >= 4 is 27.9 Å². The Labute approximate surface area is 170 Å². The Balaban J connectivity index is 2.03. The quantitative estimate of drug-likeness (QED) is 0.276. The highest BCUT2D eigenvalue weighted by Crippen LogP contribution is 2.21. The van der Waals surface area contributed by atoms with E-state index in [0.29, 0.717) is 24.9 Å². The van der Waals surface area contributed by atoms with E-state index in [0.717, 1.165) is 5.56 Å². The maximum Gasteiger partial charge on any atom is 0.275 e. The third-order valence-electron chi connectivity index (χ3n) is 4.79. The van der Waals surface area contributed by atoms with Crippen LogP contribution in [0.4, 0.5) is 0 Å². The maximum absolute atomic E-state index is 12.9. The molecule has 11 heteroatoms. The molecule has 0 spiro atoms. The predicted octanol–water partition coefficient (Wildman–Crippen LogP) is -0.604. The van der Waals surface area contributed by atoms with Crippen LogP contribution in [0.1, 0.15) is 37.8 Å². The SMILES string of the molecule is CC(C)C(NS(N)(=O)=O)C(=O)N1CCCC1C(=O)NCc1ccc(C(=N)N)cc1. The Hall–Kier alpha value is -2.50. The standard InChI is InChI=1S/C18H28N6O4S/c1-11(2)15(23-29(21,27)28)18(26)24-9-3-4-14(24)17(25)22-10-12-5-7-13(8-6-12)16(19)20/h5-8,11,14-15,23H,3-4,9-10H2,1-2H3,(H3,19,20)(H,22,25)(H2,21,27,28). The van der Waals surface area contributed by atoms with Crippen molar-refractivity contribution in [2.75, 3.05) is 6.54 Å². The molecule has 7 N–H and O–H groups in total. The van der Waals surface area contributed by atoms with Gasteiger partial charge in [0.2, 0.25) is 11.8 Å². The molecule has 29 heavy (non-hydrogen) atoms. The number of nitrogens with two attached hydrogens (primary N) is 2.